The summed E-state index contributed by atoms with van der Waals surface area (Å²) in [5.41, 5.74) is 0.544. The number of nitrogens with zero attached hydrogens (tertiary/aromatic N) is 1. The fraction of sp³-hybridized carbons (Fsp3) is 0.250. The minimum Gasteiger partial charge on any atom is -0.483 e. The molecule has 0 radical (unpaired) electrons. The van der Waals surface area contributed by atoms with E-state index in [4.69, 9.17) is 4.74 Å². The second-order valence-electron chi connectivity index (χ2n) is 7.52. The quantitative estimate of drug-likeness (QED) is 0.567. The van der Waals surface area contributed by atoms with Gasteiger partial charge in [-0.25, -0.2) is 0 Å². The number of halogens is 1. The van der Waals surface area contributed by atoms with Gasteiger partial charge in [-0.05, 0) is 48.1 Å². The standard InChI is InChI=1S/C24H22BrNO4/c25-19-8-6-18(7-9-19)24(29)11-13-26(14-12-24)23(28)16-30-22-10-5-17(15-27)20-3-1-2-4-21(20)22/h1-10,15,29H,11-14,16H2. The first kappa shape index (κ1) is 20.6. The van der Waals surface area contributed by atoms with Gasteiger partial charge in [0.1, 0.15) is 5.75 Å². The van der Waals surface area contributed by atoms with Crippen molar-refractivity contribution in [2.75, 3.05) is 19.7 Å². The maximum Gasteiger partial charge on any atom is 0.260 e. The summed E-state index contributed by atoms with van der Waals surface area (Å²) in [6.45, 7) is 0.861. The zero-order valence-electron chi connectivity index (χ0n) is 16.4. The highest BCUT2D eigenvalue weighted by molar-refractivity contribution is 9.10. The van der Waals surface area contributed by atoms with Crippen molar-refractivity contribution in [3.8, 4) is 5.75 Å². The lowest BCUT2D eigenvalue weighted by Gasteiger charge is -2.38. The number of aldehydes is 1. The lowest BCUT2D eigenvalue weighted by molar-refractivity contribution is -0.137. The first-order chi connectivity index (χ1) is 14.5. The molecular weight excluding hydrogens is 446 g/mol. The number of carbonyl (C=O) groups excluding carboxylic acids is 2. The number of hydrogen-bond acceptors (Lipinski definition) is 4. The van der Waals surface area contributed by atoms with E-state index < -0.39 is 5.60 Å². The molecule has 1 heterocycles. The van der Waals surface area contributed by atoms with Gasteiger partial charge in [-0.15, -0.1) is 0 Å². The maximum absolute atomic E-state index is 12.7. The van der Waals surface area contributed by atoms with Crippen molar-refractivity contribution in [2.45, 2.75) is 18.4 Å². The van der Waals surface area contributed by atoms with Crippen LogP contribution in [0.5, 0.6) is 5.75 Å². The van der Waals surface area contributed by atoms with Gasteiger partial charge in [0.2, 0.25) is 0 Å². The monoisotopic (exact) mass is 467 g/mol. The molecule has 1 aliphatic heterocycles. The van der Waals surface area contributed by atoms with E-state index in [0.717, 1.165) is 27.1 Å². The van der Waals surface area contributed by atoms with Crippen molar-refractivity contribution in [1.82, 2.24) is 4.90 Å². The van der Waals surface area contributed by atoms with E-state index in [1.54, 1.807) is 17.0 Å². The predicted octanol–water partition coefficient (Wildman–Crippen LogP) is 4.30. The van der Waals surface area contributed by atoms with Crippen LogP contribution in [0.25, 0.3) is 10.8 Å². The molecule has 0 unspecified atom stereocenters. The van der Waals surface area contributed by atoms with Crippen molar-refractivity contribution >= 4 is 38.9 Å². The molecule has 6 heteroatoms. The summed E-state index contributed by atoms with van der Waals surface area (Å²) in [7, 11) is 0. The molecule has 0 atom stereocenters. The zero-order chi connectivity index (χ0) is 21.1. The van der Waals surface area contributed by atoms with Crippen LogP contribution in [0.3, 0.4) is 0 Å². The van der Waals surface area contributed by atoms with Crippen LogP contribution < -0.4 is 4.74 Å². The first-order valence-electron chi connectivity index (χ1n) is 9.86. The molecule has 1 amide bonds. The van der Waals surface area contributed by atoms with Gasteiger partial charge in [0.15, 0.2) is 12.9 Å². The van der Waals surface area contributed by atoms with Crippen molar-refractivity contribution in [3.63, 3.8) is 0 Å². The van der Waals surface area contributed by atoms with Crippen LogP contribution in [-0.2, 0) is 10.4 Å². The molecule has 0 aliphatic carbocycles. The average Bonchev–Trinajstić information content (AvgIpc) is 2.78. The van der Waals surface area contributed by atoms with Crippen LogP contribution in [0, 0.1) is 0 Å². The fourth-order valence-electron chi connectivity index (χ4n) is 3.93. The normalized spacial score (nSPS) is 15.7. The Morgan fingerprint density at radius 2 is 1.70 bits per heavy atom. The summed E-state index contributed by atoms with van der Waals surface area (Å²) < 4.78 is 6.77. The Morgan fingerprint density at radius 3 is 2.37 bits per heavy atom. The molecule has 1 N–H and O–H groups in total. The highest BCUT2D eigenvalue weighted by Gasteiger charge is 2.35. The SMILES string of the molecule is O=Cc1ccc(OCC(=O)N2CCC(O)(c3ccc(Br)cc3)CC2)c2ccccc12. The number of carbonyl (C=O) groups is 2. The molecule has 1 fully saturated rings. The van der Waals surface area contributed by atoms with Crippen molar-refractivity contribution in [3.05, 3.63) is 76.3 Å². The Morgan fingerprint density at radius 1 is 1.03 bits per heavy atom. The number of aliphatic hydroxyl groups is 1. The van der Waals surface area contributed by atoms with Gasteiger partial charge in [-0.1, -0.05) is 52.3 Å². The number of ether oxygens (including phenoxy) is 1. The van der Waals surface area contributed by atoms with Crippen molar-refractivity contribution < 1.29 is 19.4 Å². The number of hydrogen-bond donors (Lipinski definition) is 1. The number of likely N-dealkylation sites (tertiary alicyclic amines) is 1. The molecule has 5 nitrogen and oxygen atoms in total. The summed E-state index contributed by atoms with van der Waals surface area (Å²) in [6, 6.07) is 18.6. The van der Waals surface area contributed by atoms with Gasteiger partial charge in [0, 0.05) is 28.5 Å². The van der Waals surface area contributed by atoms with E-state index in [-0.39, 0.29) is 12.5 Å². The molecule has 0 saturated carbocycles. The molecule has 154 valence electrons. The zero-order valence-corrected chi connectivity index (χ0v) is 18.0. The molecule has 1 aliphatic rings. The number of amides is 1. The lowest BCUT2D eigenvalue weighted by Crippen LogP contribution is -2.46. The predicted molar refractivity (Wildman–Crippen MR) is 119 cm³/mol. The van der Waals surface area contributed by atoms with Gasteiger partial charge >= 0.3 is 0 Å². The van der Waals surface area contributed by atoms with Gasteiger partial charge in [-0.3, -0.25) is 9.59 Å². The smallest absolute Gasteiger partial charge is 0.260 e. The molecule has 3 aromatic carbocycles. The number of benzene rings is 3. The van der Waals surface area contributed by atoms with Crippen LogP contribution >= 0.6 is 15.9 Å². The third-order valence-corrected chi connectivity index (χ3v) is 6.25. The van der Waals surface area contributed by atoms with Crippen LogP contribution in [0.4, 0.5) is 0 Å². The molecule has 3 aromatic rings. The number of piperidine rings is 1. The summed E-state index contributed by atoms with van der Waals surface area (Å²) in [4.78, 5) is 25.7. The Kier molecular flexibility index (Phi) is 5.88. The summed E-state index contributed by atoms with van der Waals surface area (Å²) >= 11 is 3.41. The number of rotatable bonds is 5. The molecule has 0 bridgehead atoms. The first-order valence-corrected chi connectivity index (χ1v) is 10.7. The summed E-state index contributed by atoms with van der Waals surface area (Å²) in [6.07, 6.45) is 1.78. The van der Waals surface area contributed by atoms with E-state index >= 15 is 0 Å². The van der Waals surface area contributed by atoms with E-state index in [1.807, 2.05) is 48.5 Å². The van der Waals surface area contributed by atoms with Gasteiger partial charge in [-0.2, -0.15) is 0 Å². The molecule has 30 heavy (non-hydrogen) atoms. The molecule has 4 rings (SSSR count). The Bertz CT molecular complexity index is 1070. The van der Waals surface area contributed by atoms with Crippen LogP contribution in [0.1, 0.15) is 28.8 Å². The summed E-state index contributed by atoms with van der Waals surface area (Å²) in [5.74, 6) is 0.462. The van der Waals surface area contributed by atoms with Crippen LogP contribution in [0.2, 0.25) is 0 Å². The second-order valence-corrected chi connectivity index (χ2v) is 8.44. The van der Waals surface area contributed by atoms with Gasteiger partial charge in [0.05, 0.1) is 5.60 Å². The molecule has 0 aromatic heterocycles. The average molecular weight is 468 g/mol. The summed E-state index contributed by atoms with van der Waals surface area (Å²) in [5, 5.41) is 12.6. The minimum absolute atomic E-state index is 0.0822. The largest absolute Gasteiger partial charge is 0.483 e. The van der Waals surface area contributed by atoms with Crippen LogP contribution in [-0.4, -0.2) is 41.9 Å². The fourth-order valence-corrected chi connectivity index (χ4v) is 4.19. The Labute approximate surface area is 183 Å². The van der Waals surface area contributed by atoms with Gasteiger partial charge in [0.25, 0.3) is 5.91 Å². The van der Waals surface area contributed by atoms with E-state index in [0.29, 0.717) is 37.2 Å². The Balaban J connectivity index is 1.40. The Hall–Kier alpha value is -2.70. The lowest BCUT2D eigenvalue weighted by atomic mass is 9.84. The molecule has 0 spiro atoms. The van der Waals surface area contributed by atoms with E-state index in [9.17, 15) is 14.7 Å². The van der Waals surface area contributed by atoms with Crippen molar-refractivity contribution in [2.24, 2.45) is 0 Å². The minimum atomic E-state index is -0.917. The topological polar surface area (TPSA) is 66.8 Å². The molecule has 1 saturated heterocycles. The second kappa shape index (κ2) is 8.58. The van der Waals surface area contributed by atoms with Crippen molar-refractivity contribution in [1.29, 1.82) is 0 Å². The van der Waals surface area contributed by atoms with Crippen LogP contribution in [0.15, 0.2) is 65.1 Å². The maximum atomic E-state index is 12.7. The van der Waals surface area contributed by atoms with Gasteiger partial charge < -0.3 is 14.7 Å². The third-order valence-electron chi connectivity index (χ3n) is 5.72. The highest BCUT2D eigenvalue weighted by atomic mass is 79.9. The van der Waals surface area contributed by atoms with E-state index in [2.05, 4.69) is 15.9 Å². The third kappa shape index (κ3) is 4.11. The number of fused-ring (bicyclic) bond motifs is 1. The molecular formula is C24H22BrNO4. The van der Waals surface area contributed by atoms with E-state index in [1.165, 1.54) is 0 Å². The highest BCUT2D eigenvalue weighted by Crippen LogP contribution is 2.33.